The lowest BCUT2D eigenvalue weighted by molar-refractivity contribution is -0.150. The summed E-state index contributed by atoms with van der Waals surface area (Å²) in [5.41, 5.74) is -0.730. The standard InChI is InChI=1S/C22H42O4S/c1-5-9-11-18(7-3)15-22(21(25)26,17-27-14-13-20(23)24)16-19(8-4)12-10-6-2/h18-19H,5-17H2,1-4H3,(H,23,24)(H,25,26). The number of hydrogen-bond acceptors (Lipinski definition) is 3. The van der Waals surface area contributed by atoms with E-state index in [-0.39, 0.29) is 6.42 Å². The maximum atomic E-state index is 12.5. The third kappa shape index (κ3) is 11.0. The van der Waals surface area contributed by atoms with Crippen LogP contribution in [-0.4, -0.2) is 33.7 Å². The van der Waals surface area contributed by atoms with E-state index in [0.29, 0.717) is 23.3 Å². The Hall–Kier alpha value is -0.710. The zero-order valence-corrected chi connectivity index (χ0v) is 18.8. The Morgan fingerprint density at radius 3 is 1.70 bits per heavy atom. The van der Waals surface area contributed by atoms with Crippen LogP contribution in [0.1, 0.15) is 98.3 Å². The van der Waals surface area contributed by atoms with Crippen molar-refractivity contribution in [2.45, 2.75) is 98.3 Å². The molecule has 4 nitrogen and oxygen atoms in total. The summed E-state index contributed by atoms with van der Waals surface area (Å²) in [4.78, 5) is 23.3. The van der Waals surface area contributed by atoms with Gasteiger partial charge in [-0.05, 0) is 24.7 Å². The molecule has 0 saturated carbocycles. The Balaban J connectivity index is 5.33. The van der Waals surface area contributed by atoms with Crippen LogP contribution in [-0.2, 0) is 9.59 Å². The van der Waals surface area contributed by atoms with Crippen molar-refractivity contribution in [3.63, 3.8) is 0 Å². The highest BCUT2D eigenvalue weighted by molar-refractivity contribution is 7.99. The third-order valence-electron chi connectivity index (χ3n) is 5.74. The molecule has 0 fully saturated rings. The highest BCUT2D eigenvalue weighted by Gasteiger charge is 2.41. The van der Waals surface area contributed by atoms with Crippen LogP contribution in [0.3, 0.4) is 0 Å². The van der Waals surface area contributed by atoms with Gasteiger partial charge in [0.05, 0.1) is 11.8 Å². The molecular formula is C22H42O4S. The molecule has 0 aromatic rings. The summed E-state index contributed by atoms with van der Waals surface area (Å²) in [7, 11) is 0. The zero-order valence-electron chi connectivity index (χ0n) is 18.0. The summed E-state index contributed by atoms with van der Waals surface area (Å²) in [5, 5.41) is 19.1. The van der Waals surface area contributed by atoms with Gasteiger partial charge in [-0.1, -0.05) is 79.1 Å². The topological polar surface area (TPSA) is 74.6 Å². The molecule has 2 atom stereocenters. The zero-order chi connectivity index (χ0) is 20.7. The van der Waals surface area contributed by atoms with Gasteiger partial charge in [0, 0.05) is 11.5 Å². The summed E-state index contributed by atoms with van der Waals surface area (Å²) in [6.07, 6.45) is 10.3. The Labute approximate surface area is 170 Å². The molecule has 0 bridgehead atoms. The average Bonchev–Trinajstić information content (AvgIpc) is 2.64. The monoisotopic (exact) mass is 402 g/mol. The Morgan fingerprint density at radius 1 is 0.889 bits per heavy atom. The first kappa shape index (κ1) is 26.3. The molecule has 0 amide bonds. The number of carboxylic acid groups (broad SMARTS) is 2. The number of unbranched alkanes of at least 4 members (excludes halogenated alkanes) is 2. The number of aliphatic carboxylic acids is 2. The fourth-order valence-corrected chi connectivity index (χ4v) is 5.07. The highest BCUT2D eigenvalue weighted by atomic mass is 32.2. The molecule has 5 heteroatoms. The largest absolute Gasteiger partial charge is 0.481 e. The molecular weight excluding hydrogens is 360 g/mol. The fraction of sp³-hybridized carbons (Fsp3) is 0.909. The van der Waals surface area contributed by atoms with Gasteiger partial charge in [0.2, 0.25) is 0 Å². The van der Waals surface area contributed by atoms with Gasteiger partial charge in [0.25, 0.3) is 0 Å². The van der Waals surface area contributed by atoms with Gasteiger partial charge in [-0.3, -0.25) is 9.59 Å². The molecule has 0 aliphatic heterocycles. The van der Waals surface area contributed by atoms with Crippen molar-refractivity contribution in [2.24, 2.45) is 17.3 Å². The van der Waals surface area contributed by atoms with Crippen molar-refractivity contribution in [3.8, 4) is 0 Å². The van der Waals surface area contributed by atoms with Crippen molar-refractivity contribution in [3.05, 3.63) is 0 Å². The minimum Gasteiger partial charge on any atom is -0.481 e. The van der Waals surface area contributed by atoms with Crippen molar-refractivity contribution in [2.75, 3.05) is 11.5 Å². The first-order chi connectivity index (χ1) is 12.8. The van der Waals surface area contributed by atoms with E-state index in [1.165, 1.54) is 11.8 Å². The van der Waals surface area contributed by atoms with E-state index in [4.69, 9.17) is 5.11 Å². The Kier molecular flexibility index (Phi) is 14.8. The molecule has 2 N–H and O–H groups in total. The predicted molar refractivity (Wildman–Crippen MR) is 115 cm³/mol. The molecule has 2 unspecified atom stereocenters. The van der Waals surface area contributed by atoms with Gasteiger partial charge in [0.15, 0.2) is 0 Å². The molecule has 160 valence electrons. The molecule has 0 heterocycles. The van der Waals surface area contributed by atoms with E-state index in [0.717, 1.165) is 64.2 Å². The maximum absolute atomic E-state index is 12.5. The van der Waals surface area contributed by atoms with Gasteiger partial charge in [-0.15, -0.1) is 0 Å². The van der Waals surface area contributed by atoms with Crippen molar-refractivity contribution >= 4 is 23.7 Å². The summed E-state index contributed by atoms with van der Waals surface area (Å²) in [5.74, 6) is 0.389. The fourth-order valence-electron chi connectivity index (χ4n) is 3.86. The van der Waals surface area contributed by atoms with E-state index in [1.54, 1.807) is 0 Å². The maximum Gasteiger partial charge on any atom is 0.310 e. The second-order valence-electron chi connectivity index (χ2n) is 8.02. The van der Waals surface area contributed by atoms with Crippen LogP contribution in [0.25, 0.3) is 0 Å². The van der Waals surface area contributed by atoms with Crippen molar-refractivity contribution in [1.29, 1.82) is 0 Å². The quantitative estimate of drug-likeness (QED) is 0.257. The van der Waals surface area contributed by atoms with E-state index in [9.17, 15) is 14.7 Å². The third-order valence-corrected chi connectivity index (χ3v) is 6.99. The summed E-state index contributed by atoms with van der Waals surface area (Å²) in [6, 6.07) is 0. The molecule has 27 heavy (non-hydrogen) atoms. The van der Waals surface area contributed by atoms with Crippen LogP contribution >= 0.6 is 11.8 Å². The van der Waals surface area contributed by atoms with Crippen LogP contribution in [0.2, 0.25) is 0 Å². The van der Waals surface area contributed by atoms with Crippen LogP contribution in [0.5, 0.6) is 0 Å². The van der Waals surface area contributed by atoms with Crippen LogP contribution < -0.4 is 0 Å². The summed E-state index contributed by atoms with van der Waals surface area (Å²) < 4.78 is 0. The average molecular weight is 403 g/mol. The van der Waals surface area contributed by atoms with E-state index >= 15 is 0 Å². The summed E-state index contributed by atoms with van der Waals surface area (Å²) in [6.45, 7) is 8.69. The molecule has 0 radical (unpaired) electrons. The Bertz CT molecular complexity index is 393. The lowest BCUT2D eigenvalue weighted by Gasteiger charge is -2.36. The van der Waals surface area contributed by atoms with Crippen LogP contribution in [0.4, 0.5) is 0 Å². The molecule has 0 aromatic carbocycles. The predicted octanol–water partition coefficient (Wildman–Crippen LogP) is 6.48. The highest BCUT2D eigenvalue weighted by Crippen LogP contribution is 2.41. The molecule has 0 rings (SSSR count). The van der Waals surface area contributed by atoms with Gasteiger partial charge in [-0.25, -0.2) is 0 Å². The van der Waals surface area contributed by atoms with E-state index in [1.807, 2.05) is 0 Å². The van der Waals surface area contributed by atoms with Crippen LogP contribution in [0.15, 0.2) is 0 Å². The molecule has 0 spiro atoms. The van der Waals surface area contributed by atoms with Crippen molar-refractivity contribution in [1.82, 2.24) is 0 Å². The number of thioether (sulfide) groups is 1. The smallest absolute Gasteiger partial charge is 0.310 e. The first-order valence-corrected chi connectivity index (χ1v) is 12.0. The van der Waals surface area contributed by atoms with Gasteiger partial charge in [-0.2, -0.15) is 11.8 Å². The minimum atomic E-state index is -0.813. The number of carboxylic acids is 2. The van der Waals surface area contributed by atoms with E-state index in [2.05, 4.69) is 27.7 Å². The second-order valence-corrected chi connectivity index (χ2v) is 9.13. The first-order valence-electron chi connectivity index (χ1n) is 10.9. The summed E-state index contributed by atoms with van der Waals surface area (Å²) >= 11 is 1.51. The SMILES string of the molecule is CCCCC(CC)CC(CSCCC(=O)O)(CC(CC)CCCC)C(=O)O. The molecule has 0 aromatic heterocycles. The second kappa shape index (κ2) is 15.2. The molecule has 0 aliphatic carbocycles. The number of rotatable bonds is 18. The van der Waals surface area contributed by atoms with Gasteiger partial charge >= 0.3 is 11.9 Å². The number of hydrogen-bond donors (Lipinski definition) is 2. The van der Waals surface area contributed by atoms with Crippen molar-refractivity contribution < 1.29 is 19.8 Å². The number of carbonyl (C=O) groups is 2. The molecule has 0 aliphatic rings. The normalized spacial score (nSPS) is 15.9. The van der Waals surface area contributed by atoms with Crippen LogP contribution in [0, 0.1) is 17.3 Å². The van der Waals surface area contributed by atoms with Gasteiger partial charge < -0.3 is 10.2 Å². The molecule has 0 saturated heterocycles. The minimum absolute atomic E-state index is 0.0977. The lowest BCUT2D eigenvalue weighted by atomic mass is 9.71. The van der Waals surface area contributed by atoms with E-state index < -0.39 is 17.4 Å². The Morgan fingerprint density at radius 2 is 1.37 bits per heavy atom. The lowest BCUT2D eigenvalue weighted by Crippen LogP contribution is -2.38. The van der Waals surface area contributed by atoms with Gasteiger partial charge in [0.1, 0.15) is 0 Å².